The van der Waals surface area contributed by atoms with Crippen molar-refractivity contribution in [3.8, 4) is 22.3 Å². The highest BCUT2D eigenvalue weighted by atomic mass is 79.9. The summed E-state index contributed by atoms with van der Waals surface area (Å²) in [5, 5.41) is 27.0. The quantitative estimate of drug-likeness (QED) is 0.0526. The monoisotopic (exact) mass is 1720 g/mol. The number of anilines is 2. The number of hydrogen-bond acceptors (Lipinski definition) is 21. The minimum Gasteiger partial charge on any atom is -0.480 e. The van der Waals surface area contributed by atoms with Gasteiger partial charge < -0.3 is 35.4 Å². The van der Waals surface area contributed by atoms with Crippen LogP contribution >= 0.6 is 44.3 Å². The number of carbonyl (C=O) groups excluding carboxylic acids is 5. The van der Waals surface area contributed by atoms with E-state index >= 15 is 0 Å². The highest BCUT2D eigenvalue weighted by molar-refractivity contribution is 9.10. The molecule has 0 radical (unpaired) electrons. The second-order valence-corrected chi connectivity index (χ2v) is 37.5. The number of halogens is 5. The number of aliphatic carboxylic acids is 1. The van der Waals surface area contributed by atoms with Crippen molar-refractivity contribution in [2.45, 2.75) is 91.3 Å². The van der Waals surface area contributed by atoms with Crippen molar-refractivity contribution >= 4 is 238 Å². The fourth-order valence-electron chi connectivity index (χ4n) is 9.26. The Labute approximate surface area is 623 Å². The second-order valence-electron chi connectivity index (χ2n) is 19.9. The van der Waals surface area contributed by atoms with Crippen molar-refractivity contribution in [2.75, 3.05) is 37.9 Å². The third kappa shape index (κ3) is 25.2. The lowest BCUT2D eigenvalue weighted by molar-refractivity contribution is -0.138. The lowest BCUT2D eigenvalue weighted by atomic mass is 10.0. The predicted molar refractivity (Wildman–Crippen MR) is 411 cm³/mol. The number of rotatable bonds is 16. The van der Waals surface area contributed by atoms with Crippen LogP contribution in [0.2, 0.25) is 0 Å². The first-order chi connectivity index (χ1) is 46.0. The molecule has 0 unspecified atom stereocenters. The summed E-state index contributed by atoms with van der Waals surface area (Å²) in [5.74, 6) is -0.812. The van der Waals surface area contributed by atoms with Crippen LogP contribution in [0.15, 0.2) is 94.7 Å². The first kappa shape index (κ1) is 82.6. The molecular formula is C56H57Br2ClF2N14O9S13. The molecule has 0 spiro atoms. The molecule has 0 bridgehead atoms. The summed E-state index contributed by atoms with van der Waals surface area (Å²) in [6.07, 6.45) is 4.51. The van der Waals surface area contributed by atoms with Gasteiger partial charge in [-0.3, -0.25) is 38.1 Å². The molecule has 8 heterocycles. The largest absolute Gasteiger partial charge is 0.480 e. The highest BCUT2D eigenvalue weighted by Gasteiger charge is 2.40. The minimum atomic E-state index is -1.37. The summed E-state index contributed by atoms with van der Waals surface area (Å²) in [4.78, 5) is 100. The number of nitrogens with one attached hydrogen (secondary N) is 3. The number of fused-ring (bicyclic) bond motifs is 2. The molecule has 2 saturated heterocycles. The fourth-order valence-corrected chi connectivity index (χ4v) is 23.6. The number of likely N-dealkylation sites (tertiary alicyclic amines) is 1. The van der Waals surface area contributed by atoms with Crippen LogP contribution in [0.1, 0.15) is 70.4 Å². The van der Waals surface area contributed by atoms with Crippen molar-refractivity contribution in [3.63, 3.8) is 0 Å². The second kappa shape index (κ2) is 42.2. The fraction of sp³-hybridized carbons (Fsp3) is 0.321. The van der Waals surface area contributed by atoms with E-state index in [-0.39, 0.29) is 92.7 Å². The molecule has 6 aromatic heterocycles. The van der Waals surface area contributed by atoms with Crippen LogP contribution in [0.25, 0.3) is 44.1 Å². The zero-order valence-corrected chi connectivity index (χ0v) is 66.0. The van der Waals surface area contributed by atoms with Crippen LogP contribution in [0.3, 0.4) is 0 Å². The number of hydrogen-bond donors (Lipinski definition) is 4. The first-order valence-corrected chi connectivity index (χ1v) is 43.8. The lowest BCUT2D eigenvalue weighted by Gasteiger charge is -2.24. The van der Waals surface area contributed by atoms with Crippen LogP contribution < -0.4 is 16.0 Å². The van der Waals surface area contributed by atoms with E-state index in [0.29, 0.717) is 60.6 Å². The molecule has 3 amide bonds. The van der Waals surface area contributed by atoms with Gasteiger partial charge in [0.25, 0.3) is 0 Å². The van der Waals surface area contributed by atoms with Gasteiger partial charge in [0.2, 0.25) is 17.7 Å². The van der Waals surface area contributed by atoms with E-state index in [1.54, 1.807) is 109 Å². The van der Waals surface area contributed by atoms with Gasteiger partial charge in [0.15, 0.2) is 11.6 Å². The van der Waals surface area contributed by atoms with Crippen LogP contribution in [-0.2, 0) is 180 Å². The molecule has 4 atom stereocenters. The van der Waals surface area contributed by atoms with Crippen molar-refractivity contribution < 1.29 is 52.1 Å². The molecule has 518 valence electrons. The Morgan fingerprint density at radius 3 is 1.45 bits per heavy atom. The number of nitrogens with zero attached hydrogens (tertiary/aromatic N) is 11. The van der Waals surface area contributed by atoms with Crippen LogP contribution in [0.5, 0.6) is 0 Å². The molecule has 2 aromatic carbocycles. The Hall–Kier alpha value is -5.09. The molecule has 2 aliphatic heterocycles. The third-order valence-electron chi connectivity index (χ3n) is 13.4. The minimum absolute atomic E-state index is 0. The Kier molecular flexibility index (Phi) is 36.0. The van der Waals surface area contributed by atoms with E-state index in [0.717, 1.165) is 27.8 Å². The van der Waals surface area contributed by atoms with Crippen molar-refractivity contribution in [1.82, 2.24) is 59.7 Å². The summed E-state index contributed by atoms with van der Waals surface area (Å²) in [7, 11) is 16.1. The van der Waals surface area contributed by atoms with Gasteiger partial charge in [-0.15, -0.1) is 12.4 Å². The summed E-state index contributed by atoms with van der Waals surface area (Å²) in [6.45, 7) is 6.37. The number of amides is 3. The Bertz CT molecular complexity index is 4580. The molecule has 10 rings (SSSR count). The molecule has 8 aromatic rings. The molecule has 97 heavy (non-hydrogen) atoms. The van der Waals surface area contributed by atoms with Crippen LogP contribution in [-0.4, -0.2) is 146 Å². The molecule has 4 N–H and O–H groups in total. The number of ketones is 2. The van der Waals surface area contributed by atoms with Crippen LogP contribution in [0.4, 0.5) is 20.4 Å². The number of aromatic nitrogens is 10. The van der Waals surface area contributed by atoms with E-state index in [9.17, 15) is 37.5 Å². The van der Waals surface area contributed by atoms with Crippen molar-refractivity contribution in [3.05, 3.63) is 129 Å². The Morgan fingerprint density at radius 1 is 0.619 bits per heavy atom. The number of alkyl halides is 2. The summed E-state index contributed by atoms with van der Waals surface area (Å²) in [5.41, 5.74) is 6.24. The number of carboxylic acids is 1. The number of ether oxygens (including phenoxy) is 2. The molecule has 2 fully saturated rings. The number of methoxy groups -OCH3 is 2. The maximum atomic E-state index is 14.6. The van der Waals surface area contributed by atoms with Crippen molar-refractivity contribution in [2.24, 2.45) is 0 Å². The van der Waals surface area contributed by atoms with E-state index in [1.807, 2.05) is 24.3 Å². The van der Waals surface area contributed by atoms with E-state index in [4.69, 9.17) is 14.6 Å². The summed E-state index contributed by atoms with van der Waals surface area (Å²) in [6, 6.07) is 16.3. The van der Waals surface area contributed by atoms with Gasteiger partial charge in [-0.2, -0.15) is 10.2 Å². The summed E-state index contributed by atoms with van der Waals surface area (Å²) >= 11 is 24.7. The number of pyridine rings is 2. The average molecular weight is 1720 g/mol. The number of Topliss-reactive ketones (excluding diaryl/α,β-unsaturated/α-hetero) is 2. The van der Waals surface area contributed by atoms with Gasteiger partial charge in [-0.1, -0.05) is 24.3 Å². The zero-order valence-electron chi connectivity index (χ0n) is 51.4. The van der Waals surface area contributed by atoms with Gasteiger partial charge in [0.1, 0.15) is 75.4 Å². The molecule has 41 heteroatoms. The zero-order chi connectivity index (χ0) is 70.0. The topological polar surface area (TPSA) is 293 Å². The summed E-state index contributed by atoms with van der Waals surface area (Å²) < 4.78 is 41.7. The van der Waals surface area contributed by atoms with Gasteiger partial charge in [0.05, 0.1) is 36.8 Å². The molecule has 2 aliphatic rings. The molecule has 0 aliphatic carbocycles. The Morgan fingerprint density at radius 2 is 1.05 bits per heavy atom. The number of carboxylic acid groups (broad SMARTS) is 1. The smallest absolute Gasteiger partial charge is 0.325 e. The Balaban J connectivity index is 0.000000256. The number of benzene rings is 2. The highest BCUT2D eigenvalue weighted by Crippen LogP contribution is 2.30. The normalized spacial score (nSPS) is 14.9. The lowest BCUT2D eigenvalue weighted by Crippen LogP contribution is -2.44. The van der Waals surface area contributed by atoms with E-state index < -0.39 is 42.2 Å². The van der Waals surface area contributed by atoms with Gasteiger partial charge in [-0.05, 0) is 93.2 Å². The van der Waals surface area contributed by atoms with E-state index in [2.05, 4.69) is 133 Å². The van der Waals surface area contributed by atoms with E-state index in [1.165, 1.54) is 88.5 Å². The number of aryl methyl sites for hydroxylation is 2. The maximum Gasteiger partial charge on any atom is 0.325 e. The molecule has 0 saturated carbocycles. The molecular weight excluding hydrogens is 1660 g/mol. The SMILES string of the molecule is CC(=O)c1nn(CC(=O)O)c2ccc(-c3cnc(C)nc3)cc12.COCc1ccc(Br)nc1NC(=O)[C@@H]1C[C@@H](F)CN1.COCc1ccc(Br)nc1NC(=O)[C@@H]1C[C@@H](F)CN1C(=O)Cn1nc(C(C)=O)c2cc(-c3cnc(C)nc3)ccc21.Cl.S=S=S=S=S=S.S=S=S=S=S=S=S. The van der Waals surface area contributed by atoms with Crippen LogP contribution in [0, 0.1) is 13.8 Å². The number of carbonyl (C=O) groups is 6. The van der Waals surface area contributed by atoms with Crippen molar-refractivity contribution in [1.29, 1.82) is 0 Å². The van der Waals surface area contributed by atoms with Gasteiger partial charge in [0, 0.05) is 230 Å². The third-order valence-corrected chi connectivity index (χ3v) is 29.8. The van der Waals surface area contributed by atoms with Gasteiger partial charge in [-0.25, -0.2) is 38.7 Å². The average Bonchev–Trinajstić information content (AvgIpc) is 1.65. The maximum absolute atomic E-state index is 14.6. The standard InChI is InChI=1S/C28H27BrFN7O4.C16H14N4O3.C12H15BrFN3O2.ClH.S7.S6/c1-15(38)26-21-8-17(19-10-31-16(2)32-11-19)4-6-22(21)37(35-26)13-25(39)36-12-20(30)9-23(36)28(40)34-27-18(14-41-3)5-7-24(29)33-27;1-9(21)16-13-5-11(12-6-17-10(2)18-7-12)3-4-14(13)20(19-16)8-15(22)23;1-19-6-7-2-3-10(13)16-11(7)17-12(18)9-4-8(14)5-15-9;;1-3-5-7-6-4-2;1-3-5-6-4-2/h4-8,10-11,20,23H,9,12-14H2,1-3H3,(H,33,34,40);3-7H,8H2,1-2H3,(H,22,23);2-3,8-9,15H,4-6H2,1H3,(H,16,17,18);1H;;/t20-,23+;;8-,9+;;;/m1.1.../s1. The predicted octanol–water partition coefficient (Wildman–Crippen LogP) is 7.99. The molecule has 23 nitrogen and oxygen atoms in total. The van der Waals surface area contributed by atoms with Gasteiger partial charge >= 0.3 is 5.97 Å². The first-order valence-electron chi connectivity index (χ1n) is 27.6.